The van der Waals surface area contributed by atoms with Crippen molar-refractivity contribution < 1.29 is 0 Å². The van der Waals surface area contributed by atoms with Crippen molar-refractivity contribution in [2.75, 3.05) is 12.4 Å². The average molecular weight is 149 g/mol. The Labute approximate surface area is 66.0 Å². The van der Waals surface area contributed by atoms with Crippen molar-refractivity contribution in [2.45, 2.75) is 6.92 Å². The van der Waals surface area contributed by atoms with Gasteiger partial charge < -0.3 is 10.7 Å². The van der Waals surface area contributed by atoms with Gasteiger partial charge in [-0.25, -0.2) is 4.98 Å². The van der Waals surface area contributed by atoms with E-state index in [1.54, 1.807) is 7.05 Å². The summed E-state index contributed by atoms with van der Waals surface area (Å²) in [6.07, 6.45) is 1.29. The molecular formula is C8H11N3. The molecule has 58 valence electrons. The first-order valence-electron chi connectivity index (χ1n) is 3.44. The molecule has 0 amide bonds. The summed E-state index contributed by atoms with van der Waals surface area (Å²) >= 11 is 0. The zero-order valence-corrected chi connectivity index (χ0v) is 6.68. The van der Waals surface area contributed by atoms with Gasteiger partial charge in [0.25, 0.3) is 0 Å². The molecule has 3 nitrogen and oxygen atoms in total. The van der Waals surface area contributed by atoms with Crippen molar-refractivity contribution in [3.63, 3.8) is 0 Å². The molecule has 0 saturated carbocycles. The van der Waals surface area contributed by atoms with Gasteiger partial charge >= 0.3 is 0 Å². The summed E-state index contributed by atoms with van der Waals surface area (Å²) in [6, 6.07) is 3.77. The lowest BCUT2D eigenvalue weighted by Crippen LogP contribution is -1.98. The van der Waals surface area contributed by atoms with Gasteiger partial charge in [0.1, 0.15) is 5.82 Å². The van der Waals surface area contributed by atoms with Gasteiger partial charge in [0, 0.05) is 24.5 Å². The molecule has 0 bridgehead atoms. The minimum atomic E-state index is 0.764. The zero-order chi connectivity index (χ0) is 8.27. The van der Waals surface area contributed by atoms with Crippen molar-refractivity contribution in [3.8, 4) is 0 Å². The number of hydrogen-bond acceptors (Lipinski definition) is 3. The summed E-state index contributed by atoms with van der Waals surface area (Å²) < 4.78 is 0. The van der Waals surface area contributed by atoms with Crippen molar-refractivity contribution in [3.05, 3.63) is 23.4 Å². The lowest BCUT2D eigenvalue weighted by Gasteiger charge is -2.03. The van der Waals surface area contributed by atoms with Crippen LogP contribution in [0.2, 0.25) is 0 Å². The number of pyridine rings is 1. The van der Waals surface area contributed by atoms with Gasteiger partial charge in [-0.1, -0.05) is 0 Å². The van der Waals surface area contributed by atoms with Crippen molar-refractivity contribution in [1.29, 1.82) is 5.41 Å². The molecule has 11 heavy (non-hydrogen) atoms. The van der Waals surface area contributed by atoms with Crippen LogP contribution in [-0.2, 0) is 0 Å². The van der Waals surface area contributed by atoms with Crippen LogP contribution in [0, 0.1) is 12.3 Å². The molecule has 0 radical (unpaired) electrons. The first kappa shape index (κ1) is 7.72. The molecule has 3 heteroatoms. The topological polar surface area (TPSA) is 48.8 Å². The number of aromatic nitrogens is 1. The molecule has 0 atom stereocenters. The minimum absolute atomic E-state index is 0.764. The maximum Gasteiger partial charge on any atom is 0.134 e. The van der Waals surface area contributed by atoms with Crippen LogP contribution >= 0.6 is 0 Å². The van der Waals surface area contributed by atoms with E-state index in [0.29, 0.717) is 0 Å². The third-order valence-corrected chi connectivity index (χ3v) is 1.46. The highest BCUT2D eigenvalue weighted by atomic mass is 15.0. The molecule has 0 fully saturated rings. The highest BCUT2D eigenvalue weighted by molar-refractivity contribution is 5.83. The van der Waals surface area contributed by atoms with Crippen LogP contribution in [0.5, 0.6) is 0 Å². The van der Waals surface area contributed by atoms with Gasteiger partial charge in [-0.05, 0) is 19.1 Å². The van der Waals surface area contributed by atoms with Crippen molar-refractivity contribution in [1.82, 2.24) is 4.98 Å². The van der Waals surface area contributed by atoms with Crippen molar-refractivity contribution >= 4 is 12.0 Å². The fraction of sp³-hybridized carbons (Fsp3) is 0.250. The number of nitrogens with zero attached hydrogens (tertiary/aromatic N) is 1. The molecule has 0 unspecified atom stereocenters. The first-order chi connectivity index (χ1) is 5.27. The average Bonchev–Trinajstić information content (AvgIpc) is 2.04. The number of anilines is 1. The molecule has 1 aromatic heterocycles. The van der Waals surface area contributed by atoms with E-state index in [2.05, 4.69) is 10.3 Å². The Bertz CT molecular complexity index is 268. The standard InChI is InChI=1S/C8H11N3/c1-6-3-4-7(5-9)8(10-2)11-6/h3-5,9H,1-2H3,(H,10,11). The second-order valence-electron chi connectivity index (χ2n) is 2.28. The van der Waals surface area contributed by atoms with Gasteiger partial charge in [-0.15, -0.1) is 0 Å². The molecule has 0 aliphatic heterocycles. The Morgan fingerprint density at radius 1 is 1.55 bits per heavy atom. The minimum Gasteiger partial charge on any atom is -0.373 e. The maximum absolute atomic E-state index is 7.05. The van der Waals surface area contributed by atoms with E-state index in [0.717, 1.165) is 17.1 Å². The summed E-state index contributed by atoms with van der Waals surface area (Å²) in [5.74, 6) is 0.764. The Kier molecular flexibility index (Phi) is 2.21. The van der Waals surface area contributed by atoms with Gasteiger partial charge in [0.05, 0.1) is 0 Å². The lowest BCUT2D eigenvalue weighted by atomic mass is 10.2. The Balaban J connectivity index is 3.16. The molecule has 2 N–H and O–H groups in total. The molecule has 0 aliphatic carbocycles. The molecule has 0 aromatic carbocycles. The second-order valence-corrected chi connectivity index (χ2v) is 2.28. The van der Waals surface area contributed by atoms with E-state index < -0.39 is 0 Å². The van der Waals surface area contributed by atoms with Crippen LogP contribution in [0.3, 0.4) is 0 Å². The number of nitrogens with one attached hydrogen (secondary N) is 2. The Morgan fingerprint density at radius 3 is 2.82 bits per heavy atom. The number of hydrogen-bond donors (Lipinski definition) is 2. The summed E-state index contributed by atoms with van der Waals surface area (Å²) in [7, 11) is 1.80. The van der Waals surface area contributed by atoms with E-state index in [-0.39, 0.29) is 0 Å². The van der Waals surface area contributed by atoms with Crippen LogP contribution in [0.25, 0.3) is 0 Å². The number of rotatable bonds is 2. The van der Waals surface area contributed by atoms with Crippen LogP contribution < -0.4 is 5.32 Å². The molecule has 0 aliphatic rings. The molecular weight excluding hydrogens is 138 g/mol. The summed E-state index contributed by atoms with van der Waals surface area (Å²) in [5.41, 5.74) is 1.78. The van der Waals surface area contributed by atoms with Crippen LogP contribution in [0.1, 0.15) is 11.3 Å². The highest BCUT2D eigenvalue weighted by Gasteiger charge is 1.97. The monoisotopic (exact) mass is 149 g/mol. The van der Waals surface area contributed by atoms with Gasteiger partial charge in [0.2, 0.25) is 0 Å². The van der Waals surface area contributed by atoms with Crippen LogP contribution in [0.15, 0.2) is 12.1 Å². The SMILES string of the molecule is CNc1nc(C)ccc1C=N. The van der Waals surface area contributed by atoms with Crippen LogP contribution in [-0.4, -0.2) is 18.2 Å². The summed E-state index contributed by atoms with van der Waals surface area (Å²) in [4.78, 5) is 4.20. The van der Waals surface area contributed by atoms with E-state index in [1.807, 2.05) is 19.1 Å². The third kappa shape index (κ3) is 1.55. The summed E-state index contributed by atoms with van der Waals surface area (Å²) in [5, 5.41) is 9.98. The van der Waals surface area contributed by atoms with E-state index in [1.165, 1.54) is 6.21 Å². The van der Waals surface area contributed by atoms with Gasteiger partial charge in [0.15, 0.2) is 0 Å². The quantitative estimate of drug-likeness (QED) is 0.625. The predicted molar refractivity (Wildman–Crippen MR) is 46.4 cm³/mol. The maximum atomic E-state index is 7.05. The normalized spacial score (nSPS) is 9.27. The second kappa shape index (κ2) is 3.14. The molecule has 1 heterocycles. The zero-order valence-electron chi connectivity index (χ0n) is 6.68. The van der Waals surface area contributed by atoms with Gasteiger partial charge in [-0.2, -0.15) is 0 Å². The van der Waals surface area contributed by atoms with E-state index in [9.17, 15) is 0 Å². The Hall–Kier alpha value is -1.38. The predicted octanol–water partition coefficient (Wildman–Crippen LogP) is 1.43. The van der Waals surface area contributed by atoms with E-state index >= 15 is 0 Å². The van der Waals surface area contributed by atoms with E-state index in [4.69, 9.17) is 5.41 Å². The molecule has 0 spiro atoms. The Morgan fingerprint density at radius 2 is 2.27 bits per heavy atom. The largest absolute Gasteiger partial charge is 0.373 e. The summed E-state index contributed by atoms with van der Waals surface area (Å²) in [6.45, 7) is 1.93. The smallest absolute Gasteiger partial charge is 0.134 e. The molecule has 0 saturated heterocycles. The molecule has 1 rings (SSSR count). The highest BCUT2D eigenvalue weighted by Crippen LogP contribution is 2.09. The molecule has 1 aromatic rings. The fourth-order valence-corrected chi connectivity index (χ4v) is 0.884. The van der Waals surface area contributed by atoms with Crippen LogP contribution in [0.4, 0.5) is 5.82 Å². The fourth-order valence-electron chi connectivity index (χ4n) is 0.884. The number of aryl methyl sites for hydroxylation is 1. The van der Waals surface area contributed by atoms with Gasteiger partial charge in [-0.3, -0.25) is 0 Å². The first-order valence-corrected chi connectivity index (χ1v) is 3.44. The third-order valence-electron chi connectivity index (χ3n) is 1.46. The van der Waals surface area contributed by atoms with Crippen molar-refractivity contribution in [2.24, 2.45) is 0 Å². The lowest BCUT2D eigenvalue weighted by molar-refractivity contribution is 1.18.